The average Bonchev–Trinajstić information content (AvgIpc) is 2.04. The molecule has 0 aliphatic heterocycles. The number of rotatable bonds is 3. The molecule has 13 heavy (non-hydrogen) atoms. The molecule has 0 amide bonds. The Labute approximate surface area is 80.7 Å². The zero-order valence-electron chi connectivity index (χ0n) is 8.92. The highest BCUT2D eigenvalue weighted by molar-refractivity contribution is 5.31. The molecule has 1 aromatic carbocycles. The van der Waals surface area contributed by atoms with Crippen molar-refractivity contribution in [2.45, 2.75) is 33.8 Å². The molecule has 1 heteroatoms. The maximum absolute atomic E-state index is 5.55. The first kappa shape index (κ1) is 10.3. The predicted molar refractivity (Wildman–Crippen MR) is 56.0 cm³/mol. The highest BCUT2D eigenvalue weighted by Crippen LogP contribution is 2.21. The fraction of sp³-hybridized carbons (Fsp3) is 0.500. The predicted octanol–water partition coefficient (Wildman–Crippen LogP) is 3.40. The molecule has 0 aliphatic carbocycles. The molecule has 0 N–H and O–H groups in total. The Hall–Kier alpha value is -0.820. The van der Waals surface area contributed by atoms with Gasteiger partial charge in [-0.15, -0.1) is 0 Å². The van der Waals surface area contributed by atoms with Crippen molar-refractivity contribution < 1.29 is 4.74 Å². The summed E-state index contributed by atoms with van der Waals surface area (Å²) in [7, 11) is 0. The summed E-state index contributed by atoms with van der Waals surface area (Å²) in [6.45, 7) is 9.15. The third kappa shape index (κ3) is 2.56. The van der Waals surface area contributed by atoms with Gasteiger partial charge >= 0.3 is 0 Å². The van der Waals surface area contributed by atoms with Gasteiger partial charge in [-0.05, 0) is 38.8 Å². The van der Waals surface area contributed by atoms with Gasteiger partial charge in [-0.25, -0.2) is 0 Å². The summed E-state index contributed by atoms with van der Waals surface area (Å²) in [5.41, 5.74) is 3.93. The van der Waals surface area contributed by atoms with Crippen molar-refractivity contribution in [1.29, 1.82) is 0 Å². The van der Waals surface area contributed by atoms with Crippen LogP contribution in [0.2, 0.25) is 0 Å². The van der Waals surface area contributed by atoms with Gasteiger partial charge in [0, 0.05) is 6.61 Å². The Morgan fingerprint density at radius 2 is 2.00 bits per heavy atom. The van der Waals surface area contributed by atoms with E-state index < -0.39 is 0 Å². The summed E-state index contributed by atoms with van der Waals surface area (Å²) < 4.78 is 5.55. The zero-order chi connectivity index (χ0) is 9.84. The Bertz CT molecular complexity index is 278. The van der Waals surface area contributed by atoms with Crippen LogP contribution in [0.5, 0.6) is 0 Å². The van der Waals surface area contributed by atoms with Gasteiger partial charge in [0.1, 0.15) is 0 Å². The summed E-state index contributed by atoms with van der Waals surface area (Å²) in [5, 5.41) is 0. The fourth-order valence-electron chi connectivity index (χ4n) is 1.62. The molecule has 0 aromatic heterocycles. The molecule has 1 aromatic rings. The minimum absolute atomic E-state index is 0.214. The van der Waals surface area contributed by atoms with Gasteiger partial charge in [0.05, 0.1) is 6.10 Å². The molecule has 1 atom stereocenters. The third-order valence-electron chi connectivity index (χ3n) is 2.28. The van der Waals surface area contributed by atoms with E-state index in [0.717, 1.165) is 6.61 Å². The van der Waals surface area contributed by atoms with E-state index in [0.29, 0.717) is 0 Å². The van der Waals surface area contributed by atoms with Gasteiger partial charge in [-0.3, -0.25) is 0 Å². The molecule has 0 saturated carbocycles. The largest absolute Gasteiger partial charge is 0.374 e. The second kappa shape index (κ2) is 4.43. The van der Waals surface area contributed by atoms with E-state index in [-0.39, 0.29) is 6.10 Å². The number of hydrogen-bond acceptors (Lipinski definition) is 1. The van der Waals surface area contributed by atoms with Crippen molar-refractivity contribution in [3.63, 3.8) is 0 Å². The van der Waals surface area contributed by atoms with Gasteiger partial charge in [-0.2, -0.15) is 0 Å². The van der Waals surface area contributed by atoms with Crippen molar-refractivity contribution in [2.24, 2.45) is 0 Å². The van der Waals surface area contributed by atoms with Crippen molar-refractivity contribution in [1.82, 2.24) is 0 Å². The lowest BCUT2D eigenvalue weighted by Crippen LogP contribution is -2.01. The highest BCUT2D eigenvalue weighted by Gasteiger charge is 2.07. The van der Waals surface area contributed by atoms with Gasteiger partial charge in [0.25, 0.3) is 0 Å². The van der Waals surface area contributed by atoms with Crippen LogP contribution < -0.4 is 0 Å². The summed E-state index contributed by atoms with van der Waals surface area (Å²) in [5.74, 6) is 0. The molecule has 0 saturated heterocycles. The first-order chi connectivity index (χ1) is 6.15. The normalized spacial score (nSPS) is 12.9. The maximum Gasteiger partial charge on any atom is 0.0799 e. The molecule has 1 rings (SSSR count). The second-order valence-electron chi connectivity index (χ2n) is 3.46. The topological polar surface area (TPSA) is 9.23 Å². The number of ether oxygens (including phenoxy) is 1. The van der Waals surface area contributed by atoms with Gasteiger partial charge in [0.15, 0.2) is 0 Å². The molecule has 1 nitrogen and oxygen atoms in total. The molecular weight excluding hydrogens is 160 g/mol. The number of aryl methyl sites for hydroxylation is 2. The van der Waals surface area contributed by atoms with Crippen molar-refractivity contribution in [2.75, 3.05) is 6.61 Å². The zero-order valence-corrected chi connectivity index (χ0v) is 8.92. The first-order valence-corrected chi connectivity index (χ1v) is 4.84. The van der Waals surface area contributed by atoms with Crippen LogP contribution in [0, 0.1) is 13.8 Å². The van der Waals surface area contributed by atoms with Gasteiger partial charge in [0.2, 0.25) is 0 Å². The fourth-order valence-corrected chi connectivity index (χ4v) is 1.62. The van der Waals surface area contributed by atoms with Crippen LogP contribution >= 0.6 is 0 Å². The van der Waals surface area contributed by atoms with Crippen molar-refractivity contribution in [3.8, 4) is 0 Å². The lowest BCUT2D eigenvalue weighted by atomic mass is 10.0. The molecule has 0 fully saturated rings. The van der Waals surface area contributed by atoms with Crippen LogP contribution in [0.25, 0.3) is 0 Å². The summed E-state index contributed by atoms with van der Waals surface area (Å²) >= 11 is 0. The second-order valence-corrected chi connectivity index (χ2v) is 3.46. The summed E-state index contributed by atoms with van der Waals surface area (Å²) in [4.78, 5) is 0. The van der Waals surface area contributed by atoms with Gasteiger partial charge in [-0.1, -0.05) is 23.8 Å². The average molecular weight is 178 g/mol. The van der Waals surface area contributed by atoms with Gasteiger partial charge < -0.3 is 4.74 Å². The van der Waals surface area contributed by atoms with E-state index in [2.05, 4.69) is 39.0 Å². The van der Waals surface area contributed by atoms with Crippen LogP contribution in [-0.2, 0) is 4.74 Å². The van der Waals surface area contributed by atoms with E-state index >= 15 is 0 Å². The van der Waals surface area contributed by atoms with Crippen LogP contribution in [0.15, 0.2) is 18.2 Å². The highest BCUT2D eigenvalue weighted by atomic mass is 16.5. The maximum atomic E-state index is 5.55. The van der Waals surface area contributed by atoms with Crippen LogP contribution in [0.1, 0.15) is 36.6 Å². The SMILES string of the molecule is CCOC(C)c1ccc(C)cc1C. The molecular formula is C12H18O. The molecule has 0 bridgehead atoms. The molecule has 0 heterocycles. The molecule has 0 radical (unpaired) electrons. The van der Waals surface area contributed by atoms with E-state index in [1.807, 2.05) is 6.92 Å². The van der Waals surface area contributed by atoms with Crippen LogP contribution in [0.4, 0.5) is 0 Å². The van der Waals surface area contributed by atoms with Crippen molar-refractivity contribution in [3.05, 3.63) is 34.9 Å². The summed E-state index contributed by atoms with van der Waals surface area (Å²) in [6.07, 6.45) is 0.214. The number of hydrogen-bond donors (Lipinski definition) is 0. The Balaban J connectivity index is 2.88. The monoisotopic (exact) mass is 178 g/mol. The molecule has 0 spiro atoms. The molecule has 72 valence electrons. The van der Waals surface area contributed by atoms with Crippen LogP contribution in [0.3, 0.4) is 0 Å². The lowest BCUT2D eigenvalue weighted by molar-refractivity contribution is 0.0759. The van der Waals surface area contributed by atoms with Crippen molar-refractivity contribution >= 4 is 0 Å². The van der Waals surface area contributed by atoms with E-state index in [9.17, 15) is 0 Å². The summed E-state index contributed by atoms with van der Waals surface area (Å²) in [6, 6.07) is 6.49. The Morgan fingerprint density at radius 3 is 2.54 bits per heavy atom. The minimum atomic E-state index is 0.214. The Kier molecular flexibility index (Phi) is 3.49. The standard InChI is InChI=1S/C12H18O/c1-5-13-11(4)12-7-6-9(2)8-10(12)3/h6-8,11H,5H2,1-4H3. The smallest absolute Gasteiger partial charge is 0.0799 e. The van der Waals surface area contributed by atoms with E-state index in [1.165, 1.54) is 16.7 Å². The van der Waals surface area contributed by atoms with E-state index in [1.54, 1.807) is 0 Å². The molecule has 1 unspecified atom stereocenters. The molecule has 0 aliphatic rings. The minimum Gasteiger partial charge on any atom is -0.374 e. The quantitative estimate of drug-likeness (QED) is 0.689. The number of benzene rings is 1. The van der Waals surface area contributed by atoms with Crippen LogP contribution in [-0.4, -0.2) is 6.61 Å². The third-order valence-corrected chi connectivity index (χ3v) is 2.28. The Morgan fingerprint density at radius 1 is 1.31 bits per heavy atom. The first-order valence-electron chi connectivity index (χ1n) is 4.84. The van der Waals surface area contributed by atoms with E-state index in [4.69, 9.17) is 4.74 Å². The lowest BCUT2D eigenvalue weighted by Gasteiger charge is -2.14.